The van der Waals surface area contributed by atoms with Gasteiger partial charge in [0, 0.05) is 11.9 Å². The lowest BCUT2D eigenvalue weighted by Gasteiger charge is -2.18. The van der Waals surface area contributed by atoms with Crippen LogP contribution in [0.5, 0.6) is 0 Å². The summed E-state index contributed by atoms with van der Waals surface area (Å²) in [6, 6.07) is 12.0. The van der Waals surface area contributed by atoms with Crippen LogP contribution in [0.15, 0.2) is 52.8 Å². The van der Waals surface area contributed by atoms with E-state index in [4.69, 9.17) is 9.47 Å². The lowest BCUT2D eigenvalue weighted by atomic mass is 10.1. The molecule has 0 bridgehead atoms. The summed E-state index contributed by atoms with van der Waals surface area (Å²) >= 11 is 0. The van der Waals surface area contributed by atoms with E-state index in [9.17, 15) is 4.79 Å². The highest BCUT2D eigenvalue weighted by Crippen LogP contribution is 2.25. The number of aryl methyl sites for hydroxylation is 4. The van der Waals surface area contributed by atoms with Crippen LogP contribution in [-0.4, -0.2) is 25.4 Å². The van der Waals surface area contributed by atoms with E-state index < -0.39 is 5.97 Å². The second-order valence-corrected chi connectivity index (χ2v) is 6.79. The van der Waals surface area contributed by atoms with Gasteiger partial charge in [-0.1, -0.05) is 36.4 Å². The van der Waals surface area contributed by atoms with Crippen molar-refractivity contribution < 1.29 is 14.3 Å². The van der Waals surface area contributed by atoms with E-state index >= 15 is 0 Å². The molecule has 0 spiro atoms. The van der Waals surface area contributed by atoms with Crippen molar-refractivity contribution in [2.75, 3.05) is 18.5 Å². The lowest BCUT2D eigenvalue weighted by Crippen LogP contribution is -2.18. The Balaban J connectivity index is 2.56. The number of ether oxygens (including phenoxy) is 2. The fourth-order valence-electron chi connectivity index (χ4n) is 3.00. The predicted molar refractivity (Wildman–Crippen MR) is 119 cm³/mol. The minimum absolute atomic E-state index is 0.249. The first kappa shape index (κ1) is 22.2. The Kier molecular flexibility index (Phi) is 8.01. The summed E-state index contributed by atoms with van der Waals surface area (Å²) in [5.41, 5.74) is 6.15. The SMILES string of the molecule is CCOC(=O)/C(C=Nc1c(C)cccc1C)=C(/Nc1c(C)cccc1C)OCC. The maximum Gasteiger partial charge on any atom is 0.345 e. The van der Waals surface area contributed by atoms with Gasteiger partial charge in [-0.25, -0.2) is 4.79 Å². The van der Waals surface area contributed by atoms with Gasteiger partial charge in [0.2, 0.25) is 5.88 Å². The van der Waals surface area contributed by atoms with E-state index in [0.717, 1.165) is 33.6 Å². The summed E-state index contributed by atoms with van der Waals surface area (Å²) in [5.74, 6) is -0.150. The van der Waals surface area contributed by atoms with Crippen LogP contribution >= 0.6 is 0 Å². The monoisotopic (exact) mass is 394 g/mol. The van der Waals surface area contributed by atoms with E-state index in [1.165, 1.54) is 6.21 Å². The van der Waals surface area contributed by atoms with Gasteiger partial charge in [0.15, 0.2) is 0 Å². The second-order valence-electron chi connectivity index (χ2n) is 6.79. The number of carbonyl (C=O) groups is 1. The molecule has 5 heteroatoms. The van der Waals surface area contributed by atoms with Crippen molar-refractivity contribution in [1.82, 2.24) is 0 Å². The largest absolute Gasteiger partial charge is 0.479 e. The third-order valence-electron chi connectivity index (χ3n) is 4.51. The van der Waals surface area contributed by atoms with Crippen LogP contribution in [0.2, 0.25) is 0 Å². The standard InChI is InChI=1S/C24H30N2O3/c1-7-28-23(26-22-18(5)13-10-14-19(22)6)20(24(27)29-8-2)15-25-21-16(3)11-9-12-17(21)4/h9-15,26H,7-8H2,1-6H3/b23-20-,25-15?. The third-order valence-corrected chi connectivity index (χ3v) is 4.51. The van der Waals surface area contributed by atoms with Gasteiger partial charge >= 0.3 is 5.97 Å². The Morgan fingerprint density at radius 1 is 0.897 bits per heavy atom. The highest BCUT2D eigenvalue weighted by Gasteiger charge is 2.19. The topological polar surface area (TPSA) is 59.9 Å². The van der Waals surface area contributed by atoms with Gasteiger partial charge in [-0.15, -0.1) is 0 Å². The molecule has 0 saturated heterocycles. The summed E-state index contributed by atoms with van der Waals surface area (Å²) in [7, 11) is 0. The maximum absolute atomic E-state index is 12.7. The molecule has 0 fully saturated rings. The van der Waals surface area contributed by atoms with E-state index in [0.29, 0.717) is 12.5 Å². The third kappa shape index (κ3) is 5.70. The fourth-order valence-corrected chi connectivity index (χ4v) is 3.00. The normalized spacial score (nSPS) is 11.9. The summed E-state index contributed by atoms with van der Waals surface area (Å²) in [5, 5.41) is 3.29. The predicted octanol–water partition coefficient (Wildman–Crippen LogP) is 5.55. The van der Waals surface area contributed by atoms with Crippen LogP contribution in [-0.2, 0) is 14.3 Å². The number of para-hydroxylation sites is 2. The summed E-state index contributed by atoms with van der Waals surface area (Å²) in [6.07, 6.45) is 1.53. The number of rotatable bonds is 8. The average Bonchev–Trinajstić information content (AvgIpc) is 2.67. The van der Waals surface area contributed by atoms with Crippen LogP contribution in [0.25, 0.3) is 0 Å². The average molecular weight is 395 g/mol. The van der Waals surface area contributed by atoms with Gasteiger partial charge in [0.25, 0.3) is 0 Å². The Morgan fingerprint density at radius 3 is 1.93 bits per heavy atom. The highest BCUT2D eigenvalue weighted by molar-refractivity contribution is 6.11. The number of hydrogen-bond donors (Lipinski definition) is 1. The maximum atomic E-state index is 12.7. The molecule has 2 aromatic carbocycles. The Bertz CT molecular complexity index is 889. The van der Waals surface area contributed by atoms with Crippen molar-refractivity contribution in [1.29, 1.82) is 0 Å². The molecule has 5 nitrogen and oxygen atoms in total. The molecule has 0 amide bonds. The second kappa shape index (κ2) is 10.5. The lowest BCUT2D eigenvalue weighted by molar-refractivity contribution is -0.138. The summed E-state index contributed by atoms with van der Waals surface area (Å²) in [4.78, 5) is 17.3. The smallest absolute Gasteiger partial charge is 0.345 e. The van der Waals surface area contributed by atoms with Crippen molar-refractivity contribution in [2.24, 2.45) is 4.99 Å². The number of nitrogens with one attached hydrogen (secondary N) is 1. The zero-order valence-electron chi connectivity index (χ0n) is 18.1. The molecular weight excluding hydrogens is 364 g/mol. The molecule has 0 aliphatic rings. The Morgan fingerprint density at radius 2 is 1.41 bits per heavy atom. The highest BCUT2D eigenvalue weighted by atomic mass is 16.5. The van der Waals surface area contributed by atoms with E-state index in [1.54, 1.807) is 6.92 Å². The zero-order chi connectivity index (χ0) is 21.4. The number of hydrogen-bond acceptors (Lipinski definition) is 5. The first-order valence-corrected chi connectivity index (χ1v) is 9.86. The molecule has 1 N–H and O–H groups in total. The summed E-state index contributed by atoms with van der Waals surface area (Å²) < 4.78 is 11.1. The number of carbonyl (C=O) groups excluding carboxylic acids is 1. The van der Waals surface area contributed by atoms with Gasteiger partial charge in [0.05, 0.1) is 18.9 Å². The molecule has 0 aliphatic carbocycles. The van der Waals surface area contributed by atoms with Crippen LogP contribution in [0.4, 0.5) is 11.4 Å². The fraction of sp³-hybridized carbons (Fsp3) is 0.333. The molecule has 0 unspecified atom stereocenters. The van der Waals surface area contributed by atoms with E-state index in [2.05, 4.69) is 10.3 Å². The molecule has 2 rings (SSSR count). The van der Waals surface area contributed by atoms with Crippen molar-refractivity contribution in [3.05, 3.63) is 70.1 Å². The number of esters is 1. The van der Waals surface area contributed by atoms with Gasteiger partial charge in [-0.3, -0.25) is 4.99 Å². The van der Waals surface area contributed by atoms with Crippen molar-refractivity contribution in [3.63, 3.8) is 0 Å². The van der Waals surface area contributed by atoms with Crippen molar-refractivity contribution >= 4 is 23.6 Å². The minimum Gasteiger partial charge on any atom is -0.479 e. The molecular formula is C24H30N2O3. The van der Waals surface area contributed by atoms with Gasteiger partial charge < -0.3 is 14.8 Å². The number of nitrogens with zero attached hydrogens (tertiary/aromatic N) is 1. The molecule has 0 saturated carbocycles. The van der Waals surface area contributed by atoms with E-state index in [-0.39, 0.29) is 12.2 Å². The van der Waals surface area contributed by atoms with Crippen LogP contribution < -0.4 is 5.32 Å². The number of aliphatic imine (C=N–C) groups is 1. The van der Waals surface area contributed by atoms with Crippen LogP contribution in [0.1, 0.15) is 36.1 Å². The molecule has 0 atom stereocenters. The van der Waals surface area contributed by atoms with Gasteiger partial charge in [-0.2, -0.15) is 0 Å². The minimum atomic E-state index is -0.482. The first-order valence-electron chi connectivity index (χ1n) is 9.86. The van der Waals surface area contributed by atoms with Crippen molar-refractivity contribution in [3.8, 4) is 0 Å². The molecule has 0 aliphatic heterocycles. The number of benzene rings is 2. The molecule has 29 heavy (non-hydrogen) atoms. The number of anilines is 1. The summed E-state index contributed by atoms with van der Waals surface area (Å²) in [6.45, 7) is 12.3. The Labute approximate surface area is 173 Å². The van der Waals surface area contributed by atoms with Gasteiger partial charge in [-0.05, 0) is 63.8 Å². The quantitative estimate of drug-likeness (QED) is 0.276. The van der Waals surface area contributed by atoms with Crippen LogP contribution in [0, 0.1) is 27.7 Å². The van der Waals surface area contributed by atoms with Crippen LogP contribution in [0.3, 0.4) is 0 Å². The molecule has 0 aromatic heterocycles. The van der Waals surface area contributed by atoms with Crippen molar-refractivity contribution in [2.45, 2.75) is 41.5 Å². The Hall–Kier alpha value is -3.08. The molecule has 154 valence electrons. The van der Waals surface area contributed by atoms with Gasteiger partial charge in [0.1, 0.15) is 5.57 Å². The molecule has 2 aromatic rings. The first-order chi connectivity index (χ1) is 13.9. The molecule has 0 radical (unpaired) electrons. The zero-order valence-corrected chi connectivity index (χ0v) is 18.1. The molecule has 0 heterocycles. The van der Waals surface area contributed by atoms with E-state index in [1.807, 2.05) is 71.0 Å².